The van der Waals surface area contributed by atoms with Crippen LogP contribution in [0.4, 0.5) is 0 Å². The van der Waals surface area contributed by atoms with Gasteiger partial charge in [-0.25, -0.2) is 0 Å². The summed E-state index contributed by atoms with van der Waals surface area (Å²) in [4.78, 5) is 7.98. The van der Waals surface area contributed by atoms with Crippen LogP contribution < -0.4 is 4.74 Å². The first-order valence-corrected chi connectivity index (χ1v) is 14.4. The van der Waals surface area contributed by atoms with Crippen molar-refractivity contribution in [2.24, 2.45) is 11.8 Å². The Balaban J connectivity index is 1.25. The number of halogens is 1. The Hall–Kier alpha value is -0.620. The Kier molecular flexibility index (Phi) is 12.0. The van der Waals surface area contributed by atoms with Gasteiger partial charge in [-0.05, 0) is 146 Å². The minimum atomic E-state index is 0.802. The van der Waals surface area contributed by atoms with Crippen molar-refractivity contribution in [3.8, 4) is 5.75 Å². The number of hydrogen-bond donors (Lipinski definition) is 0. The first-order valence-electron chi connectivity index (χ1n) is 13.6. The largest absolute Gasteiger partial charge is 0.497 e. The molecule has 4 nitrogen and oxygen atoms in total. The number of nitrogens with zero attached hydrogens (tertiary/aromatic N) is 3. The molecule has 0 radical (unpaired) electrons. The fourth-order valence-corrected chi connectivity index (χ4v) is 6.13. The van der Waals surface area contributed by atoms with Crippen LogP contribution in [0.1, 0.15) is 64.4 Å². The molecule has 0 spiro atoms. The molecule has 0 N–H and O–H groups in total. The highest BCUT2D eigenvalue weighted by Crippen LogP contribution is 2.29. The molecule has 0 saturated carbocycles. The van der Waals surface area contributed by atoms with Gasteiger partial charge in [-0.3, -0.25) is 0 Å². The quantitative estimate of drug-likeness (QED) is 0.319. The van der Waals surface area contributed by atoms with Crippen molar-refractivity contribution in [1.82, 2.24) is 14.7 Å². The smallest absolute Gasteiger partial charge is 0.119 e. The van der Waals surface area contributed by atoms with Gasteiger partial charge >= 0.3 is 0 Å². The summed E-state index contributed by atoms with van der Waals surface area (Å²) in [7, 11) is 1.75. The summed E-state index contributed by atoms with van der Waals surface area (Å²) in [5.41, 5.74) is 1.40. The molecule has 33 heavy (non-hydrogen) atoms. The summed E-state index contributed by atoms with van der Waals surface area (Å²) in [5, 5.41) is 0. The molecule has 1 aromatic carbocycles. The van der Waals surface area contributed by atoms with Crippen molar-refractivity contribution in [2.75, 3.05) is 66.0 Å². The van der Waals surface area contributed by atoms with Gasteiger partial charge in [-0.15, -0.1) is 0 Å². The lowest BCUT2D eigenvalue weighted by molar-refractivity contribution is 0.153. The molecule has 2 saturated heterocycles. The van der Waals surface area contributed by atoms with E-state index < -0.39 is 0 Å². The third-order valence-electron chi connectivity index (χ3n) is 8.11. The Morgan fingerprint density at radius 3 is 2.12 bits per heavy atom. The minimum absolute atomic E-state index is 0.802. The van der Waals surface area contributed by atoms with Gasteiger partial charge in [-0.1, -0.05) is 29.8 Å². The zero-order chi connectivity index (χ0) is 23.5. The standard InChI is InChI=1S/C28H48BrN3O/c1-4-30(5-2)16-7-17-32-18-11-24(12-19-32)8-6-15-31-20-13-25(14-21-31)22-26-23-27(33-3)9-10-28(26)29/h9-10,23-25H,4-8,11-22H2,1-3H3. The molecule has 2 aliphatic rings. The second-order valence-electron chi connectivity index (χ2n) is 10.3. The molecule has 0 aliphatic carbocycles. The van der Waals surface area contributed by atoms with E-state index in [0.29, 0.717) is 0 Å². The summed E-state index contributed by atoms with van der Waals surface area (Å²) in [6.45, 7) is 16.0. The fraction of sp³-hybridized carbons (Fsp3) is 0.786. The van der Waals surface area contributed by atoms with Crippen LogP contribution in [0, 0.1) is 11.8 Å². The first kappa shape index (κ1) is 27.0. The molecular weight excluding hydrogens is 474 g/mol. The summed E-state index contributed by atoms with van der Waals surface area (Å²) in [6.07, 6.45) is 10.8. The molecule has 5 heteroatoms. The van der Waals surface area contributed by atoms with E-state index in [1.807, 2.05) is 6.07 Å². The second-order valence-corrected chi connectivity index (χ2v) is 11.1. The highest BCUT2D eigenvalue weighted by molar-refractivity contribution is 9.10. The van der Waals surface area contributed by atoms with Gasteiger partial charge in [0.05, 0.1) is 7.11 Å². The van der Waals surface area contributed by atoms with E-state index in [9.17, 15) is 0 Å². The molecule has 3 rings (SSSR count). The second kappa shape index (κ2) is 14.7. The number of benzene rings is 1. The lowest BCUT2D eigenvalue weighted by Crippen LogP contribution is -2.37. The Morgan fingerprint density at radius 1 is 0.909 bits per heavy atom. The van der Waals surface area contributed by atoms with Crippen LogP contribution in [0.25, 0.3) is 0 Å². The highest BCUT2D eigenvalue weighted by atomic mass is 79.9. The summed E-state index contributed by atoms with van der Waals surface area (Å²) in [6, 6.07) is 6.36. The lowest BCUT2D eigenvalue weighted by atomic mass is 9.89. The summed E-state index contributed by atoms with van der Waals surface area (Å²) < 4.78 is 6.64. The average molecular weight is 523 g/mol. The fourth-order valence-electron chi connectivity index (χ4n) is 5.72. The van der Waals surface area contributed by atoms with E-state index in [-0.39, 0.29) is 0 Å². The topological polar surface area (TPSA) is 19.0 Å². The molecule has 188 valence electrons. The lowest BCUT2D eigenvalue weighted by Gasteiger charge is -2.34. The normalized spacial score (nSPS) is 19.4. The number of methoxy groups -OCH3 is 1. The van der Waals surface area contributed by atoms with Crippen LogP contribution in [0.3, 0.4) is 0 Å². The van der Waals surface area contributed by atoms with Gasteiger partial charge in [0.2, 0.25) is 0 Å². The third kappa shape index (κ3) is 9.16. The summed E-state index contributed by atoms with van der Waals surface area (Å²) >= 11 is 3.73. The maximum absolute atomic E-state index is 5.42. The van der Waals surface area contributed by atoms with Gasteiger partial charge in [0, 0.05) is 4.47 Å². The van der Waals surface area contributed by atoms with Crippen LogP contribution in [-0.2, 0) is 6.42 Å². The van der Waals surface area contributed by atoms with E-state index >= 15 is 0 Å². The first-order chi connectivity index (χ1) is 16.1. The summed E-state index contributed by atoms with van der Waals surface area (Å²) in [5.74, 6) is 2.73. The van der Waals surface area contributed by atoms with E-state index in [1.54, 1.807) is 7.11 Å². The molecular formula is C28H48BrN3O. The van der Waals surface area contributed by atoms with Gasteiger partial charge in [0.25, 0.3) is 0 Å². The number of rotatable bonds is 13. The van der Waals surface area contributed by atoms with Gasteiger partial charge in [0.1, 0.15) is 5.75 Å². The van der Waals surface area contributed by atoms with Crippen molar-refractivity contribution in [3.05, 3.63) is 28.2 Å². The maximum atomic E-state index is 5.42. The van der Waals surface area contributed by atoms with Crippen LogP contribution in [0.15, 0.2) is 22.7 Å². The van der Waals surface area contributed by atoms with Crippen LogP contribution >= 0.6 is 15.9 Å². The minimum Gasteiger partial charge on any atom is -0.497 e. The third-order valence-corrected chi connectivity index (χ3v) is 8.88. The van der Waals surface area contributed by atoms with Crippen molar-refractivity contribution in [2.45, 2.75) is 65.2 Å². The van der Waals surface area contributed by atoms with Crippen LogP contribution in [0.5, 0.6) is 5.75 Å². The van der Waals surface area contributed by atoms with Crippen LogP contribution in [0.2, 0.25) is 0 Å². The van der Waals surface area contributed by atoms with E-state index in [2.05, 4.69) is 56.6 Å². The molecule has 2 aliphatic heterocycles. The molecule has 2 fully saturated rings. The average Bonchev–Trinajstić information content (AvgIpc) is 2.85. The van der Waals surface area contributed by atoms with E-state index in [4.69, 9.17) is 4.74 Å². The van der Waals surface area contributed by atoms with Gasteiger partial charge in [-0.2, -0.15) is 0 Å². The van der Waals surface area contributed by atoms with E-state index in [0.717, 1.165) is 17.6 Å². The molecule has 0 unspecified atom stereocenters. The van der Waals surface area contributed by atoms with E-state index in [1.165, 1.54) is 120 Å². The SMILES string of the molecule is CCN(CC)CCCN1CCC(CCCN2CCC(Cc3cc(OC)ccc3Br)CC2)CC1. The maximum Gasteiger partial charge on any atom is 0.119 e. The Morgan fingerprint density at radius 2 is 1.52 bits per heavy atom. The zero-order valence-electron chi connectivity index (χ0n) is 21.5. The zero-order valence-corrected chi connectivity index (χ0v) is 23.1. The predicted octanol–water partition coefficient (Wildman–Crippen LogP) is 5.94. The molecule has 2 heterocycles. The van der Waals surface area contributed by atoms with Crippen molar-refractivity contribution in [1.29, 1.82) is 0 Å². The van der Waals surface area contributed by atoms with Crippen molar-refractivity contribution in [3.63, 3.8) is 0 Å². The van der Waals surface area contributed by atoms with Crippen molar-refractivity contribution >= 4 is 15.9 Å². The highest BCUT2D eigenvalue weighted by Gasteiger charge is 2.22. The molecule has 0 amide bonds. The molecule has 0 atom stereocenters. The number of hydrogen-bond acceptors (Lipinski definition) is 4. The molecule has 1 aromatic rings. The monoisotopic (exact) mass is 521 g/mol. The van der Waals surface area contributed by atoms with Gasteiger partial charge < -0.3 is 19.4 Å². The van der Waals surface area contributed by atoms with Crippen LogP contribution in [-0.4, -0.2) is 80.7 Å². The number of piperidine rings is 2. The van der Waals surface area contributed by atoms with Gasteiger partial charge in [0.15, 0.2) is 0 Å². The van der Waals surface area contributed by atoms with Crippen molar-refractivity contribution < 1.29 is 4.74 Å². The number of likely N-dealkylation sites (tertiary alicyclic amines) is 2. The molecule has 0 bridgehead atoms. The Labute approximate surface area is 212 Å². The predicted molar refractivity (Wildman–Crippen MR) is 144 cm³/mol. The Bertz CT molecular complexity index is 665. The number of ether oxygens (including phenoxy) is 1. The molecule has 0 aromatic heterocycles.